The summed E-state index contributed by atoms with van der Waals surface area (Å²) >= 11 is 12.9. The number of nitrogens with one attached hydrogen (secondary N) is 1. The fraction of sp³-hybridized carbons (Fsp3) is 0.0455. The van der Waals surface area contributed by atoms with Crippen molar-refractivity contribution in [2.75, 3.05) is 5.32 Å². The lowest BCUT2D eigenvalue weighted by Crippen LogP contribution is -2.15. The van der Waals surface area contributed by atoms with E-state index in [0.29, 0.717) is 16.5 Å². The van der Waals surface area contributed by atoms with Gasteiger partial charge in [0.2, 0.25) is 5.82 Å². The van der Waals surface area contributed by atoms with Gasteiger partial charge in [0.1, 0.15) is 0 Å². The zero-order chi connectivity index (χ0) is 21.3. The molecule has 0 spiro atoms. The van der Waals surface area contributed by atoms with Crippen molar-refractivity contribution in [2.45, 2.75) is 6.92 Å². The second-order valence-electron chi connectivity index (χ2n) is 6.57. The molecule has 0 aliphatic heterocycles. The summed E-state index contributed by atoms with van der Waals surface area (Å²) in [5.41, 5.74) is 3.22. The number of hydrogen-bond donors (Lipinski definition) is 1. The van der Waals surface area contributed by atoms with Gasteiger partial charge in [-0.1, -0.05) is 55.6 Å². The number of aryl methyl sites for hydroxylation is 1. The van der Waals surface area contributed by atoms with E-state index in [9.17, 15) is 4.79 Å². The topological polar surface area (TPSA) is 59.8 Å². The van der Waals surface area contributed by atoms with E-state index in [-0.39, 0.29) is 11.7 Å². The molecule has 0 unspecified atom stereocenters. The van der Waals surface area contributed by atoms with E-state index in [1.165, 1.54) is 0 Å². The van der Waals surface area contributed by atoms with Gasteiger partial charge < -0.3 is 5.32 Å². The second kappa shape index (κ2) is 8.71. The summed E-state index contributed by atoms with van der Waals surface area (Å²) < 4.78 is 3.54. The molecule has 150 valence electrons. The molecule has 5 nitrogen and oxygen atoms in total. The summed E-state index contributed by atoms with van der Waals surface area (Å²) in [6.45, 7) is 1.92. The Balaban J connectivity index is 1.75. The lowest BCUT2D eigenvalue weighted by Gasteiger charge is -2.07. The molecule has 8 heteroatoms. The highest BCUT2D eigenvalue weighted by Crippen LogP contribution is 2.25. The van der Waals surface area contributed by atoms with Crippen molar-refractivity contribution in [2.24, 2.45) is 0 Å². The van der Waals surface area contributed by atoms with Gasteiger partial charge in [-0.2, -0.15) is 0 Å². The van der Waals surface area contributed by atoms with Crippen molar-refractivity contribution in [3.8, 4) is 17.1 Å². The molecule has 0 fully saturated rings. The molecule has 1 N–H and O–H groups in total. The SMILES string of the molecule is Cc1cc(Br)ccc1NC(=O)c1nc(-c2ccc(Br)cc2)n(-c2ccc(Cl)cc2)n1. The molecule has 30 heavy (non-hydrogen) atoms. The quantitative estimate of drug-likeness (QED) is 0.311. The Morgan fingerprint density at radius 3 is 2.30 bits per heavy atom. The average Bonchev–Trinajstić information content (AvgIpc) is 3.17. The number of amides is 1. The molecule has 1 aromatic heterocycles. The number of aromatic nitrogens is 3. The van der Waals surface area contributed by atoms with Gasteiger partial charge in [-0.3, -0.25) is 4.79 Å². The number of hydrogen-bond acceptors (Lipinski definition) is 3. The molecule has 4 aromatic rings. The Bertz CT molecular complexity index is 1160. The third-order valence-corrected chi connectivity index (χ3v) is 5.69. The van der Waals surface area contributed by atoms with E-state index in [2.05, 4.69) is 47.3 Å². The maximum absolute atomic E-state index is 12.9. The minimum atomic E-state index is -0.383. The zero-order valence-corrected chi connectivity index (χ0v) is 19.7. The number of carbonyl (C=O) groups is 1. The Labute approximate surface area is 195 Å². The molecule has 4 rings (SSSR count). The fourth-order valence-electron chi connectivity index (χ4n) is 2.90. The van der Waals surface area contributed by atoms with E-state index < -0.39 is 0 Å². The van der Waals surface area contributed by atoms with Gasteiger partial charge >= 0.3 is 0 Å². The minimum Gasteiger partial charge on any atom is -0.319 e. The first-order valence-electron chi connectivity index (χ1n) is 8.97. The van der Waals surface area contributed by atoms with Crippen LogP contribution in [0.25, 0.3) is 17.1 Å². The van der Waals surface area contributed by atoms with Crippen LogP contribution in [0, 0.1) is 6.92 Å². The van der Waals surface area contributed by atoms with E-state index in [1.807, 2.05) is 61.5 Å². The van der Waals surface area contributed by atoms with Gasteiger partial charge in [0, 0.05) is 25.2 Å². The second-order valence-corrected chi connectivity index (χ2v) is 8.84. The predicted molar refractivity (Wildman–Crippen MR) is 126 cm³/mol. The summed E-state index contributed by atoms with van der Waals surface area (Å²) in [6.07, 6.45) is 0. The van der Waals surface area contributed by atoms with Crippen LogP contribution < -0.4 is 5.32 Å². The number of rotatable bonds is 4. The molecule has 0 aliphatic rings. The van der Waals surface area contributed by atoms with E-state index in [0.717, 1.165) is 25.8 Å². The van der Waals surface area contributed by atoms with Crippen LogP contribution in [0.2, 0.25) is 5.02 Å². The highest BCUT2D eigenvalue weighted by Gasteiger charge is 2.19. The van der Waals surface area contributed by atoms with Crippen molar-refractivity contribution in [1.29, 1.82) is 0 Å². The van der Waals surface area contributed by atoms with E-state index >= 15 is 0 Å². The highest BCUT2D eigenvalue weighted by molar-refractivity contribution is 9.10. The van der Waals surface area contributed by atoms with Crippen LogP contribution >= 0.6 is 43.5 Å². The molecule has 0 saturated heterocycles. The van der Waals surface area contributed by atoms with Gasteiger partial charge in [0.15, 0.2) is 5.82 Å². The maximum atomic E-state index is 12.9. The lowest BCUT2D eigenvalue weighted by molar-refractivity contribution is 0.101. The number of carbonyl (C=O) groups excluding carboxylic acids is 1. The molecule has 1 amide bonds. The van der Waals surface area contributed by atoms with E-state index in [4.69, 9.17) is 11.6 Å². The molecule has 0 bridgehead atoms. The van der Waals surface area contributed by atoms with Gasteiger partial charge in [0.05, 0.1) is 5.69 Å². The van der Waals surface area contributed by atoms with Gasteiger partial charge in [-0.25, -0.2) is 9.67 Å². The Morgan fingerprint density at radius 1 is 0.967 bits per heavy atom. The van der Waals surface area contributed by atoms with Crippen LogP contribution in [0.4, 0.5) is 5.69 Å². The normalized spacial score (nSPS) is 10.8. The van der Waals surface area contributed by atoms with Crippen molar-refractivity contribution >= 4 is 55.1 Å². The third kappa shape index (κ3) is 4.48. The average molecular weight is 547 g/mol. The van der Waals surface area contributed by atoms with E-state index in [1.54, 1.807) is 16.8 Å². The Morgan fingerprint density at radius 2 is 1.63 bits per heavy atom. The predicted octanol–water partition coefficient (Wildman–Crippen LogP) is 6.67. The number of nitrogens with zero attached hydrogens (tertiary/aromatic N) is 3. The summed E-state index contributed by atoms with van der Waals surface area (Å²) in [4.78, 5) is 17.4. The molecule has 1 heterocycles. The van der Waals surface area contributed by atoms with Crippen LogP contribution in [0.1, 0.15) is 16.2 Å². The lowest BCUT2D eigenvalue weighted by atomic mass is 10.2. The first kappa shape index (κ1) is 20.8. The molecule has 0 radical (unpaired) electrons. The molecule has 0 saturated carbocycles. The maximum Gasteiger partial charge on any atom is 0.295 e. The van der Waals surface area contributed by atoms with Gasteiger partial charge in [-0.05, 0) is 67.1 Å². The first-order chi connectivity index (χ1) is 14.4. The van der Waals surface area contributed by atoms with Crippen LogP contribution in [-0.4, -0.2) is 20.7 Å². The van der Waals surface area contributed by atoms with Gasteiger partial charge in [0.25, 0.3) is 5.91 Å². The van der Waals surface area contributed by atoms with Crippen LogP contribution in [0.15, 0.2) is 75.7 Å². The highest BCUT2D eigenvalue weighted by atomic mass is 79.9. The molecule has 3 aromatic carbocycles. The molecule has 0 aliphatic carbocycles. The molecular weight excluding hydrogens is 532 g/mol. The van der Waals surface area contributed by atoms with Crippen molar-refractivity contribution in [3.63, 3.8) is 0 Å². The van der Waals surface area contributed by atoms with Crippen molar-refractivity contribution < 1.29 is 4.79 Å². The Hall–Kier alpha value is -2.48. The number of halogens is 3. The fourth-order valence-corrected chi connectivity index (χ4v) is 3.77. The monoisotopic (exact) mass is 544 g/mol. The standard InChI is InChI=1S/C22H15Br2ClN4O/c1-13-12-16(24)6-11-19(13)26-22(30)20-27-21(14-2-4-15(23)5-3-14)29(28-20)18-9-7-17(25)8-10-18/h2-12H,1H3,(H,26,30). The third-order valence-electron chi connectivity index (χ3n) is 4.42. The smallest absolute Gasteiger partial charge is 0.295 e. The summed E-state index contributed by atoms with van der Waals surface area (Å²) in [5, 5.41) is 7.99. The summed E-state index contributed by atoms with van der Waals surface area (Å²) in [5.74, 6) is 0.249. The molecule has 0 atom stereocenters. The number of anilines is 1. The number of benzene rings is 3. The van der Waals surface area contributed by atoms with Crippen molar-refractivity contribution in [3.05, 3.63) is 92.1 Å². The van der Waals surface area contributed by atoms with Crippen LogP contribution in [-0.2, 0) is 0 Å². The van der Waals surface area contributed by atoms with Gasteiger partial charge in [-0.15, -0.1) is 5.10 Å². The summed E-state index contributed by atoms with van der Waals surface area (Å²) in [7, 11) is 0. The molecular formula is C22H15Br2ClN4O. The first-order valence-corrected chi connectivity index (χ1v) is 10.9. The zero-order valence-electron chi connectivity index (χ0n) is 15.7. The largest absolute Gasteiger partial charge is 0.319 e. The van der Waals surface area contributed by atoms with Crippen LogP contribution in [0.3, 0.4) is 0 Å². The Kier molecular flexibility index (Phi) is 6.04. The minimum absolute atomic E-state index is 0.0742. The van der Waals surface area contributed by atoms with Crippen LogP contribution in [0.5, 0.6) is 0 Å². The van der Waals surface area contributed by atoms with Crippen molar-refractivity contribution in [1.82, 2.24) is 14.8 Å². The summed E-state index contributed by atoms with van der Waals surface area (Å²) in [6, 6.07) is 20.5.